The second-order valence-corrected chi connectivity index (χ2v) is 8.81. The van der Waals surface area contributed by atoms with Gasteiger partial charge >= 0.3 is 0 Å². The average molecular weight is 477 g/mol. The molecule has 2 saturated heterocycles. The molecule has 2 fully saturated rings. The minimum absolute atomic E-state index is 0.239. The third-order valence-corrected chi connectivity index (χ3v) is 6.48. The van der Waals surface area contributed by atoms with Gasteiger partial charge in [0, 0.05) is 11.8 Å². The Labute approximate surface area is 200 Å². The molecule has 0 spiro atoms. The van der Waals surface area contributed by atoms with Crippen molar-refractivity contribution in [3.63, 3.8) is 0 Å². The number of aliphatic hydroxyl groups excluding tert-OH is 1. The Morgan fingerprint density at radius 3 is 2.62 bits per heavy atom. The van der Waals surface area contributed by atoms with Gasteiger partial charge in [0.1, 0.15) is 18.3 Å². The van der Waals surface area contributed by atoms with Crippen LogP contribution in [-0.4, -0.2) is 63.9 Å². The summed E-state index contributed by atoms with van der Waals surface area (Å²) in [6.07, 6.45) is -0.362. The van der Waals surface area contributed by atoms with Gasteiger partial charge in [0.05, 0.1) is 29.4 Å². The van der Waals surface area contributed by atoms with E-state index in [1.807, 2.05) is 48.5 Å². The van der Waals surface area contributed by atoms with Crippen molar-refractivity contribution < 1.29 is 19.3 Å². The lowest BCUT2D eigenvalue weighted by atomic mass is 10.0. The number of rotatable bonds is 5. The minimum Gasteiger partial charge on any atom is -0.456 e. The fourth-order valence-electron chi connectivity index (χ4n) is 4.47. The monoisotopic (exact) mass is 476 g/mol. The molecule has 6 rings (SSSR count). The molecule has 8 nitrogen and oxygen atoms in total. The maximum absolute atomic E-state index is 9.91. The minimum atomic E-state index is -0.636. The second-order valence-electron chi connectivity index (χ2n) is 8.40. The molecule has 172 valence electrons. The molecular formula is C25H21ClN4O4. The van der Waals surface area contributed by atoms with E-state index in [2.05, 4.69) is 15.0 Å². The van der Waals surface area contributed by atoms with E-state index >= 15 is 0 Å². The van der Waals surface area contributed by atoms with E-state index < -0.39 is 6.10 Å². The average Bonchev–Trinajstić information content (AvgIpc) is 3.55. The van der Waals surface area contributed by atoms with E-state index in [9.17, 15) is 5.11 Å². The smallest absolute Gasteiger partial charge is 0.296 e. The fourth-order valence-corrected chi connectivity index (χ4v) is 4.73. The molecule has 0 bridgehead atoms. The highest BCUT2D eigenvalue weighted by molar-refractivity contribution is 6.33. The standard InChI is InChI=1S/C25H21ClN4O4/c26-17-9-18-24(30-25(28-18)34-20-12-33-22-19(31)11-32-23(20)22)29-21(17)15-6-4-14(5-7-15)16-3-1-2-13(8-16)10-27/h1-10,19-20,22-23,27,31H,11-12H2,(H,28,29,30)/t19-,20-,22-,23-/m1/s1. The Balaban J connectivity index is 1.25. The number of H-pyrrole nitrogens is 1. The molecule has 4 atom stereocenters. The molecule has 2 aromatic carbocycles. The van der Waals surface area contributed by atoms with E-state index in [-0.39, 0.29) is 24.9 Å². The zero-order chi connectivity index (χ0) is 23.2. The highest BCUT2D eigenvalue weighted by Crippen LogP contribution is 2.33. The highest BCUT2D eigenvalue weighted by atomic mass is 35.5. The van der Waals surface area contributed by atoms with Gasteiger partial charge in [-0.2, -0.15) is 4.98 Å². The number of hydrogen-bond donors (Lipinski definition) is 3. The molecule has 3 N–H and O–H groups in total. The summed E-state index contributed by atoms with van der Waals surface area (Å²) in [6.45, 7) is 0.556. The molecule has 9 heteroatoms. The molecular weight excluding hydrogens is 456 g/mol. The van der Waals surface area contributed by atoms with E-state index in [0.717, 1.165) is 22.3 Å². The first kappa shape index (κ1) is 21.2. The summed E-state index contributed by atoms with van der Waals surface area (Å²) in [5.41, 5.74) is 5.56. The number of ether oxygens (including phenoxy) is 3. The molecule has 34 heavy (non-hydrogen) atoms. The Hall–Kier alpha value is -3.30. The van der Waals surface area contributed by atoms with Crippen LogP contribution in [0.25, 0.3) is 33.5 Å². The summed E-state index contributed by atoms with van der Waals surface area (Å²) in [6, 6.07) is 17.8. The molecule has 4 heterocycles. The highest BCUT2D eigenvalue weighted by Gasteiger charge is 2.48. The van der Waals surface area contributed by atoms with Crippen LogP contribution in [0.2, 0.25) is 5.02 Å². The topological polar surface area (TPSA) is 113 Å². The van der Waals surface area contributed by atoms with E-state index in [0.29, 0.717) is 34.5 Å². The Morgan fingerprint density at radius 2 is 1.79 bits per heavy atom. The number of imidazole rings is 1. The summed E-state index contributed by atoms with van der Waals surface area (Å²) in [5.74, 6) is 0. The number of hydrogen-bond acceptors (Lipinski definition) is 7. The van der Waals surface area contributed by atoms with Crippen molar-refractivity contribution in [3.8, 4) is 28.4 Å². The van der Waals surface area contributed by atoms with Crippen LogP contribution >= 0.6 is 11.6 Å². The maximum Gasteiger partial charge on any atom is 0.296 e. The van der Waals surface area contributed by atoms with Crippen LogP contribution in [0.3, 0.4) is 0 Å². The van der Waals surface area contributed by atoms with Crippen molar-refractivity contribution in [2.45, 2.75) is 24.4 Å². The predicted molar refractivity (Wildman–Crippen MR) is 128 cm³/mol. The van der Waals surface area contributed by atoms with Gasteiger partial charge in [-0.1, -0.05) is 54.1 Å². The first-order chi connectivity index (χ1) is 16.6. The van der Waals surface area contributed by atoms with Gasteiger partial charge in [-0.15, -0.1) is 0 Å². The zero-order valence-electron chi connectivity index (χ0n) is 17.9. The summed E-state index contributed by atoms with van der Waals surface area (Å²) in [7, 11) is 0. The van der Waals surface area contributed by atoms with Gasteiger partial charge in [0.2, 0.25) is 0 Å². The molecule has 0 amide bonds. The zero-order valence-corrected chi connectivity index (χ0v) is 18.7. The van der Waals surface area contributed by atoms with Gasteiger partial charge in [-0.25, -0.2) is 4.98 Å². The van der Waals surface area contributed by atoms with Crippen molar-refractivity contribution >= 4 is 29.0 Å². The molecule has 4 aromatic rings. The van der Waals surface area contributed by atoms with Gasteiger partial charge in [-0.05, 0) is 28.8 Å². The second kappa shape index (κ2) is 8.48. The molecule has 0 radical (unpaired) electrons. The van der Waals surface area contributed by atoms with E-state index in [4.69, 9.17) is 31.2 Å². The molecule has 2 aromatic heterocycles. The van der Waals surface area contributed by atoms with Gasteiger partial charge in [-0.3, -0.25) is 0 Å². The van der Waals surface area contributed by atoms with Crippen LogP contribution in [0, 0.1) is 5.41 Å². The predicted octanol–water partition coefficient (Wildman–Crippen LogP) is 3.85. The van der Waals surface area contributed by atoms with Crippen molar-refractivity contribution in [1.82, 2.24) is 15.0 Å². The van der Waals surface area contributed by atoms with Crippen LogP contribution in [0.1, 0.15) is 5.56 Å². The SMILES string of the molecule is N=Cc1cccc(-c2ccc(-c3nc4nc(O[C@@H]5CO[C@H]6[C@@H]5OC[C@H]6O)[nH]c4cc3Cl)cc2)c1. The summed E-state index contributed by atoms with van der Waals surface area (Å²) >= 11 is 6.56. The Morgan fingerprint density at radius 1 is 1.00 bits per heavy atom. The van der Waals surface area contributed by atoms with Crippen LogP contribution in [0.5, 0.6) is 6.01 Å². The van der Waals surface area contributed by atoms with Crippen LogP contribution < -0.4 is 4.74 Å². The number of nitrogens with one attached hydrogen (secondary N) is 2. The molecule has 0 saturated carbocycles. The number of aromatic nitrogens is 3. The number of aromatic amines is 1. The van der Waals surface area contributed by atoms with Crippen LogP contribution in [0.15, 0.2) is 54.6 Å². The number of pyridine rings is 1. The first-order valence-electron chi connectivity index (χ1n) is 10.9. The van der Waals surface area contributed by atoms with E-state index in [1.165, 1.54) is 6.21 Å². The Kier molecular flexibility index (Phi) is 5.30. The first-order valence-corrected chi connectivity index (χ1v) is 11.3. The number of fused-ring (bicyclic) bond motifs is 2. The van der Waals surface area contributed by atoms with Crippen LogP contribution in [-0.2, 0) is 9.47 Å². The summed E-state index contributed by atoms with van der Waals surface area (Å²) in [5, 5.41) is 17.9. The fraction of sp³-hybridized carbons (Fsp3) is 0.240. The Bertz CT molecular complexity index is 1370. The number of aliphatic hydroxyl groups is 1. The lowest BCUT2D eigenvalue weighted by Gasteiger charge is -2.15. The van der Waals surface area contributed by atoms with Crippen LogP contribution in [0.4, 0.5) is 0 Å². The molecule has 2 aliphatic rings. The number of nitrogens with zero attached hydrogens (tertiary/aromatic N) is 2. The maximum atomic E-state index is 9.91. The quantitative estimate of drug-likeness (QED) is 0.377. The molecule has 0 aliphatic carbocycles. The molecule has 0 unspecified atom stereocenters. The van der Waals surface area contributed by atoms with Crippen molar-refractivity contribution in [2.75, 3.05) is 13.2 Å². The van der Waals surface area contributed by atoms with Crippen molar-refractivity contribution in [2.24, 2.45) is 0 Å². The van der Waals surface area contributed by atoms with Crippen molar-refractivity contribution in [3.05, 3.63) is 65.2 Å². The third kappa shape index (κ3) is 3.74. The molecule has 2 aliphatic heterocycles. The van der Waals surface area contributed by atoms with Gasteiger partial charge in [0.25, 0.3) is 6.01 Å². The largest absolute Gasteiger partial charge is 0.456 e. The van der Waals surface area contributed by atoms with E-state index in [1.54, 1.807) is 6.07 Å². The summed E-state index contributed by atoms with van der Waals surface area (Å²) in [4.78, 5) is 12.2. The van der Waals surface area contributed by atoms with Gasteiger partial charge < -0.3 is 29.7 Å². The van der Waals surface area contributed by atoms with Gasteiger partial charge in [0.15, 0.2) is 11.8 Å². The lowest BCUT2D eigenvalue weighted by molar-refractivity contribution is 0.00706. The van der Waals surface area contributed by atoms with Crippen molar-refractivity contribution in [1.29, 1.82) is 5.41 Å². The lowest BCUT2D eigenvalue weighted by Crippen LogP contribution is -2.34. The third-order valence-electron chi connectivity index (χ3n) is 6.19. The number of benzene rings is 2. The number of halogens is 1. The summed E-state index contributed by atoms with van der Waals surface area (Å²) < 4.78 is 17.2. The normalized spacial score (nSPS) is 23.8.